The fourth-order valence-electron chi connectivity index (χ4n) is 1.36. The number of hydrogen-bond donors (Lipinski definition) is 1. The zero-order valence-electron chi connectivity index (χ0n) is 10.6. The maximum atomic E-state index is 12.9. The molecule has 0 aromatic heterocycles. The van der Waals surface area contributed by atoms with Gasteiger partial charge in [-0.05, 0) is 26.1 Å². The third-order valence-electron chi connectivity index (χ3n) is 2.78. The number of halogens is 1. The maximum absolute atomic E-state index is 12.9. The number of benzene rings is 1. The summed E-state index contributed by atoms with van der Waals surface area (Å²) in [5, 5.41) is 22.5. The van der Waals surface area contributed by atoms with Crippen molar-refractivity contribution in [3.63, 3.8) is 0 Å². The van der Waals surface area contributed by atoms with Crippen LogP contribution in [0.25, 0.3) is 0 Å². The first-order valence-electron chi connectivity index (χ1n) is 5.59. The molecule has 0 radical (unpaired) electrons. The summed E-state index contributed by atoms with van der Waals surface area (Å²) < 4.78 is 18.2. The fraction of sp³-hybridized carbons (Fsp3) is 0.417. The van der Waals surface area contributed by atoms with Gasteiger partial charge in [-0.1, -0.05) is 0 Å². The minimum Gasteiger partial charge on any atom is -0.487 e. The van der Waals surface area contributed by atoms with Crippen LogP contribution in [0.15, 0.2) is 18.2 Å². The van der Waals surface area contributed by atoms with Gasteiger partial charge in [-0.2, -0.15) is 5.26 Å². The lowest BCUT2D eigenvalue weighted by molar-refractivity contribution is -0.386. The number of nitro groups is 1. The lowest BCUT2D eigenvalue weighted by atomic mass is 10.0. The molecule has 0 saturated heterocycles. The number of rotatable bonds is 6. The van der Waals surface area contributed by atoms with Crippen LogP contribution in [0.3, 0.4) is 0 Å². The van der Waals surface area contributed by atoms with E-state index in [9.17, 15) is 14.5 Å². The number of nitro benzene ring substituents is 1. The predicted molar refractivity (Wildman–Crippen MR) is 66.2 cm³/mol. The highest BCUT2D eigenvalue weighted by Gasteiger charge is 2.22. The smallest absolute Gasteiger partial charge is 0.313 e. The van der Waals surface area contributed by atoms with Gasteiger partial charge < -0.3 is 10.1 Å². The third-order valence-corrected chi connectivity index (χ3v) is 2.78. The molecule has 1 aromatic carbocycles. The molecule has 6 nitrogen and oxygen atoms in total. The van der Waals surface area contributed by atoms with Crippen molar-refractivity contribution < 1.29 is 14.1 Å². The van der Waals surface area contributed by atoms with Crippen molar-refractivity contribution >= 4 is 5.69 Å². The van der Waals surface area contributed by atoms with Gasteiger partial charge in [0.2, 0.25) is 0 Å². The Morgan fingerprint density at radius 2 is 2.32 bits per heavy atom. The van der Waals surface area contributed by atoms with E-state index in [0.717, 1.165) is 12.1 Å². The highest BCUT2D eigenvalue weighted by atomic mass is 19.1. The molecular weight excluding hydrogens is 253 g/mol. The summed E-state index contributed by atoms with van der Waals surface area (Å²) >= 11 is 0. The van der Waals surface area contributed by atoms with Gasteiger partial charge in [0.15, 0.2) is 5.75 Å². The summed E-state index contributed by atoms with van der Waals surface area (Å²) in [5.41, 5.74) is -1.20. The number of nitrogens with one attached hydrogen (secondary N) is 1. The second-order valence-corrected chi connectivity index (χ2v) is 4.16. The summed E-state index contributed by atoms with van der Waals surface area (Å²) in [4.78, 5) is 10.0. The van der Waals surface area contributed by atoms with Crippen molar-refractivity contribution in [1.29, 1.82) is 5.26 Å². The van der Waals surface area contributed by atoms with Gasteiger partial charge in [0.1, 0.15) is 11.4 Å². The van der Waals surface area contributed by atoms with Crippen LogP contribution < -0.4 is 10.1 Å². The number of hydrogen-bond acceptors (Lipinski definition) is 5. The molecule has 7 heteroatoms. The van der Waals surface area contributed by atoms with Crippen LogP contribution in [0.1, 0.15) is 13.3 Å². The standard InChI is InChI=1S/C12H14FN3O3/c1-12(8-14,15-2)5-6-19-11-4-3-9(13)7-10(11)16(17)18/h3-4,7,15H,5-6H2,1-2H3. The van der Waals surface area contributed by atoms with E-state index in [1.165, 1.54) is 6.07 Å². The van der Waals surface area contributed by atoms with Crippen LogP contribution in [-0.4, -0.2) is 24.1 Å². The third kappa shape index (κ3) is 3.89. The van der Waals surface area contributed by atoms with Gasteiger partial charge >= 0.3 is 5.69 Å². The molecule has 1 unspecified atom stereocenters. The van der Waals surface area contributed by atoms with Crippen LogP contribution in [0, 0.1) is 27.3 Å². The molecule has 0 spiro atoms. The predicted octanol–water partition coefficient (Wildman–Crippen LogP) is 2.00. The van der Waals surface area contributed by atoms with Crippen molar-refractivity contribution in [2.45, 2.75) is 18.9 Å². The van der Waals surface area contributed by atoms with Crippen LogP contribution in [0.5, 0.6) is 5.75 Å². The lowest BCUT2D eigenvalue weighted by Gasteiger charge is -2.20. The van der Waals surface area contributed by atoms with Crippen LogP contribution in [0.2, 0.25) is 0 Å². The zero-order chi connectivity index (χ0) is 14.5. The maximum Gasteiger partial charge on any atom is 0.313 e. The van der Waals surface area contributed by atoms with Crippen molar-refractivity contribution in [2.75, 3.05) is 13.7 Å². The molecule has 19 heavy (non-hydrogen) atoms. The zero-order valence-corrected chi connectivity index (χ0v) is 10.6. The van der Waals surface area contributed by atoms with E-state index in [1.807, 2.05) is 0 Å². The van der Waals surface area contributed by atoms with Crippen LogP contribution >= 0.6 is 0 Å². The molecule has 0 aliphatic rings. The molecule has 0 aliphatic carbocycles. The molecule has 1 atom stereocenters. The molecule has 0 aliphatic heterocycles. The molecule has 0 heterocycles. The SMILES string of the molecule is CNC(C)(C#N)CCOc1ccc(F)cc1[N+](=O)[O-]. The summed E-state index contributed by atoms with van der Waals surface area (Å²) in [5.74, 6) is -0.709. The van der Waals surface area contributed by atoms with E-state index in [0.29, 0.717) is 6.42 Å². The van der Waals surface area contributed by atoms with Crippen LogP contribution in [0.4, 0.5) is 10.1 Å². The molecule has 102 valence electrons. The number of ether oxygens (including phenoxy) is 1. The molecule has 0 fully saturated rings. The Balaban J connectivity index is 2.74. The summed E-state index contributed by atoms with van der Waals surface area (Å²) in [6, 6.07) is 5.17. The normalized spacial score (nSPS) is 13.4. The number of nitriles is 1. The summed E-state index contributed by atoms with van der Waals surface area (Å²) in [6.07, 6.45) is 0.342. The Morgan fingerprint density at radius 3 is 2.84 bits per heavy atom. The van der Waals surface area contributed by atoms with E-state index >= 15 is 0 Å². The minimum atomic E-state index is -0.769. The largest absolute Gasteiger partial charge is 0.487 e. The minimum absolute atomic E-state index is 0.0113. The quantitative estimate of drug-likeness (QED) is 0.629. The van der Waals surface area contributed by atoms with Gasteiger partial charge in [0.05, 0.1) is 23.7 Å². The summed E-state index contributed by atoms with van der Waals surface area (Å²) in [6.45, 7) is 1.80. The van der Waals surface area contributed by atoms with Gasteiger partial charge in [-0.25, -0.2) is 4.39 Å². The van der Waals surface area contributed by atoms with E-state index in [-0.39, 0.29) is 12.4 Å². The van der Waals surface area contributed by atoms with Gasteiger partial charge in [0.25, 0.3) is 0 Å². The Kier molecular flexibility index (Phi) is 4.78. The second kappa shape index (κ2) is 6.11. The van der Waals surface area contributed by atoms with Gasteiger partial charge in [0, 0.05) is 6.42 Å². The monoisotopic (exact) mass is 267 g/mol. The van der Waals surface area contributed by atoms with Crippen molar-refractivity contribution in [2.24, 2.45) is 0 Å². The van der Waals surface area contributed by atoms with Crippen molar-refractivity contribution in [1.82, 2.24) is 5.32 Å². The molecule has 0 amide bonds. The molecule has 1 N–H and O–H groups in total. The Bertz CT molecular complexity index is 515. The van der Waals surface area contributed by atoms with Crippen molar-refractivity contribution in [3.8, 4) is 11.8 Å². The average Bonchev–Trinajstić information content (AvgIpc) is 2.40. The molecular formula is C12H14FN3O3. The first-order chi connectivity index (χ1) is 8.91. The van der Waals surface area contributed by atoms with Gasteiger partial charge in [-0.15, -0.1) is 0 Å². The second-order valence-electron chi connectivity index (χ2n) is 4.16. The molecule has 0 saturated carbocycles. The lowest BCUT2D eigenvalue weighted by Crippen LogP contribution is -2.39. The molecule has 1 rings (SSSR count). The Morgan fingerprint density at radius 1 is 1.63 bits per heavy atom. The topological polar surface area (TPSA) is 88.2 Å². The van der Waals surface area contributed by atoms with Gasteiger partial charge in [-0.3, -0.25) is 10.1 Å². The highest BCUT2D eigenvalue weighted by Crippen LogP contribution is 2.27. The van der Waals surface area contributed by atoms with E-state index in [1.54, 1.807) is 14.0 Å². The highest BCUT2D eigenvalue weighted by molar-refractivity contribution is 5.46. The average molecular weight is 267 g/mol. The van der Waals surface area contributed by atoms with Crippen molar-refractivity contribution in [3.05, 3.63) is 34.1 Å². The Hall–Kier alpha value is -2.20. The van der Waals surface area contributed by atoms with E-state index in [4.69, 9.17) is 10.00 Å². The first-order valence-corrected chi connectivity index (χ1v) is 5.59. The number of nitrogens with zero attached hydrogens (tertiary/aromatic N) is 2. The molecule has 1 aromatic rings. The van der Waals surface area contributed by atoms with E-state index in [2.05, 4.69) is 11.4 Å². The van der Waals surface area contributed by atoms with E-state index < -0.39 is 22.0 Å². The fourth-order valence-corrected chi connectivity index (χ4v) is 1.36. The molecule has 0 bridgehead atoms. The Labute approximate surface area is 109 Å². The first kappa shape index (κ1) is 14.9. The summed E-state index contributed by atoms with van der Waals surface area (Å²) in [7, 11) is 1.64. The van der Waals surface area contributed by atoms with Crippen LogP contribution in [-0.2, 0) is 0 Å².